The van der Waals surface area contributed by atoms with E-state index in [4.69, 9.17) is 4.74 Å². The lowest BCUT2D eigenvalue weighted by Gasteiger charge is -2.06. The molecule has 0 fully saturated rings. The lowest BCUT2D eigenvalue weighted by molar-refractivity contribution is -0.143. The van der Waals surface area contributed by atoms with Gasteiger partial charge in [0.1, 0.15) is 23.6 Å². The summed E-state index contributed by atoms with van der Waals surface area (Å²) in [6.45, 7) is 4.02. The quantitative estimate of drug-likeness (QED) is 0.819. The molecule has 0 bridgehead atoms. The van der Waals surface area contributed by atoms with Crippen LogP contribution in [0.4, 0.5) is 0 Å². The number of carbonyl (C=O) groups excluding carboxylic acids is 1. The zero-order valence-electron chi connectivity index (χ0n) is 9.80. The molecule has 0 unspecified atom stereocenters. The summed E-state index contributed by atoms with van der Waals surface area (Å²) in [6.07, 6.45) is 0. The first kappa shape index (κ1) is 11.4. The molecular formula is C12H14N2O3. The van der Waals surface area contributed by atoms with E-state index in [-0.39, 0.29) is 18.3 Å². The van der Waals surface area contributed by atoms with E-state index >= 15 is 0 Å². The molecule has 0 aliphatic carbocycles. The summed E-state index contributed by atoms with van der Waals surface area (Å²) in [4.78, 5) is 15.7. The maximum Gasteiger partial charge on any atom is 0.326 e. The van der Waals surface area contributed by atoms with E-state index in [2.05, 4.69) is 4.98 Å². The maximum atomic E-state index is 11.5. The molecule has 0 aliphatic heterocycles. The summed E-state index contributed by atoms with van der Waals surface area (Å²) in [5, 5.41) is 9.65. The normalized spacial score (nSPS) is 10.7. The summed E-state index contributed by atoms with van der Waals surface area (Å²) in [5.41, 5.74) is 1.24. The van der Waals surface area contributed by atoms with Gasteiger partial charge in [-0.2, -0.15) is 0 Å². The Balaban J connectivity index is 2.43. The molecule has 0 saturated heterocycles. The predicted molar refractivity (Wildman–Crippen MR) is 62.8 cm³/mol. The number of para-hydroxylation sites is 1. The molecule has 0 aliphatic rings. The molecule has 0 saturated carbocycles. The van der Waals surface area contributed by atoms with Gasteiger partial charge in [-0.15, -0.1) is 0 Å². The molecule has 1 aromatic carbocycles. The number of aryl methyl sites for hydroxylation is 1. The number of aromatic hydroxyl groups is 1. The second kappa shape index (κ2) is 4.45. The van der Waals surface area contributed by atoms with Crippen LogP contribution in [-0.2, 0) is 16.1 Å². The first-order valence-corrected chi connectivity index (χ1v) is 5.44. The summed E-state index contributed by atoms with van der Waals surface area (Å²) < 4.78 is 6.63. The van der Waals surface area contributed by atoms with E-state index in [1.165, 1.54) is 0 Å². The van der Waals surface area contributed by atoms with Crippen molar-refractivity contribution < 1.29 is 14.6 Å². The fraction of sp³-hybridized carbons (Fsp3) is 0.333. The Morgan fingerprint density at radius 3 is 3.00 bits per heavy atom. The van der Waals surface area contributed by atoms with Crippen molar-refractivity contribution in [1.82, 2.24) is 9.55 Å². The number of ether oxygens (including phenoxy) is 1. The molecule has 2 rings (SSSR count). The van der Waals surface area contributed by atoms with Crippen molar-refractivity contribution in [2.24, 2.45) is 0 Å². The molecule has 1 N–H and O–H groups in total. The zero-order valence-corrected chi connectivity index (χ0v) is 9.80. The first-order chi connectivity index (χ1) is 8.13. The summed E-state index contributed by atoms with van der Waals surface area (Å²) in [7, 11) is 0. The van der Waals surface area contributed by atoms with Gasteiger partial charge in [0.2, 0.25) is 0 Å². The molecule has 0 amide bonds. The van der Waals surface area contributed by atoms with Gasteiger partial charge in [-0.1, -0.05) is 6.07 Å². The summed E-state index contributed by atoms with van der Waals surface area (Å²) in [5.74, 6) is 0.487. The Hall–Kier alpha value is -2.04. The van der Waals surface area contributed by atoms with E-state index < -0.39 is 0 Å². The number of rotatable bonds is 3. The highest BCUT2D eigenvalue weighted by molar-refractivity contribution is 5.83. The van der Waals surface area contributed by atoms with E-state index in [9.17, 15) is 9.90 Å². The van der Waals surface area contributed by atoms with E-state index in [0.717, 1.165) is 5.52 Å². The lowest BCUT2D eigenvalue weighted by atomic mass is 10.3. The van der Waals surface area contributed by atoms with E-state index in [1.54, 1.807) is 30.5 Å². The standard InChI is InChI=1S/C12H14N2O3/c1-3-17-11(16)7-14-8(2)13-12-9(14)5-4-6-10(12)15/h4-6,15H,3,7H2,1-2H3. The Morgan fingerprint density at radius 2 is 2.29 bits per heavy atom. The first-order valence-electron chi connectivity index (χ1n) is 5.44. The van der Waals surface area contributed by atoms with Gasteiger partial charge in [-0.25, -0.2) is 4.98 Å². The monoisotopic (exact) mass is 234 g/mol. The maximum absolute atomic E-state index is 11.5. The largest absolute Gasteiger partial charge is 0.506 e. The van der Waals surface area contributed by atoms with Gasteiger partial charge in [-0.3, -0.25) is 4.79 Å². The van der Waals surface area contributed by atoms with Crippen LogP contribution in [-0.4, -0.2) is 27.2 Å². The predicted octanol–water partition coefficient (Wildman–Crippen LogP) is 1.61. The number of nitrogens with zero attached hydrogens (tertiary/aromatic N) is 2. The van der Waals surface area contributed by atoms with E-state index in [0.29, 0.717) is 17.9 Å². The van der Waals surface area contributed by atoms with Crippen LogP contribution < -0.4 is 0 Å². The Morgan fingerprint density at radius 1 is 1.53 bits per heavy atom. The number of hydrogen-bond acceptors (Lipinski definition) is 4. The van der Waals surface area contributed by atoms with Crippen molar-refractivity contribution in [1.29, 1.82) is 0 Å². The topological polar surface area (TPSA) is 64.4 Å². The van der Waals surface area contributed by atoms with E-state index in [1.807, 2.05) is 6.07 Å². The van der Waals surface area contributed by atoms with Crippen molar-refractivity contribution in [3.63, 3.8) is 0 Å². The zero-order chi connectivity index (χ0) is 12.4. The highest BCUT2D eigenvalue weighted by Crippen LogP contribution is 2.24. The minimum absolute atomic E-state index is 0.111. The van der Waals surface area contributed by atoms with Gasteiger partial charge in [0.15, 0.2) is 0 Å². The van der Waals surface area contributed by atoms with Crippen LogP contribution in [0.25, 0.3) is 11.0 Å². The SMILES string of the molecule is CCOC(=O)Cn1c(C)nc2c(O)cccc21. The van der Waals surface area contributed by atoms with Gasteiger partial charge in [0.25, 0.3) is 0 Å². The number of aromatic nitrogens is 2. The smallest absolute Gasteiger partial charge is 0.326 e. The molecule has 5 nitrogen and oxygen atoms in total. The number of fused-ring (bicyclic) bond motifs is 1. The lowest BCUT2D eigenvalue weighted by Crippen LogP contribution is -2.14. The second-order valence-electron chi connectivity index (χ2n) is 3.70. The molecule has 17 heavy (non-hydrogen) atoms. The van der Waals surface area contributed by atoms with Crippen molar-refractivity contribution >= 4 is 17.0 Å². The average Bonchev–Trinajstić information content (AvgIpc) is 2.58. The fourth-order valence-corrected chi connectivity index (χ4v) is 1.78. The third-order valence-corrected chi connectivity index (χ3v) is 2.54. The third-order valence-electron chi connectivity index (χ3n) is 2.54. The molecule has 90 valence electrons. The van der Waals surface area contributed by atoms with Gasteiger partial charge in [0, 0.05) is 0 Å². The summed E-state index contributed by atoms with van der Waals surface area (Å²) >= 11 is 0. The van der Waals surface area contributed by atoms with Crippen molar-refractivity contribution in [3.05, 3.63) is 24.0 Å². The minimum atomic E-state index is -0.307. The third kappa shape index (κ3) is 2.08. The molecule has 5 heteroatoms. The molecular weight excluding hydrogens is 220 g/mol. The van der Waals surface area contributed by atoms with Crippen molar-refractivity contribution in [2.75, 3.05) is 6.61 Å². The Kier molecular flexibility index (Phi) is 2.99. The number of carbonyl (C=O) groups is 1. The minimum Gasteiger partial charge on any atom is -0.506 e. The number of benzene rings is 1. The van der Waals surface area contributed by atoms with Gasteiger partial charge >= 0.3 is 5.97 Å². The van der Waals surface area contributed by atoms with Crippen LogP contribution >= 0.6 is 0 Å². The second-order valence-corrected chi connectivity index (χ2v) is 3.70. The Bertz CT molecular complexity index is 560. The molecule has 0 atom stereocenters. The van der Waals surface area contributed by atoms with Crippen LogP contribution in [0.2, 0.25) is 0 Å². The van der Waals surface area contributed by atoms with Crippen LogP contribution in [0, 0.1) is 6.92 Å². The number of phenolic OH excluding ortho intramolecular Hbond substituents is 1. The molecule has 1 aromatic heterocycles. The highest BCUT2D eigenvalue weighted by atomic mass is 16.5. The number of imidazole rings is 1. The fourth-order valence-electron chi connectivity index (χ4n) is 1.78. The van der Waals surface area contributed by atoms with Crippen molar-refractivity contribution in [2.45, 2.75) is 20.4 Å². The van der Waals surface area contributed by atoms with Crippen LogP contribution in [0.1, 0.15) is 12.7 Å². The Labute approximate surface area is 98.6 Å². The number of hydrogen-bond donors (Lipinski definition) is 1. The average molecular weight is 234 g/mol. The van der Waals surface area contributed by atoms with Crippen LogP contribution in [0.3, 0.4) is 0 Å². The molecule has 2 aromatic rings. The summed E-state index contributed by atoms with van der Waals surface area (Å²) in [6, 6.07) is 5.11. The molecule has 1 heterocycles. The number of phenols is 1. The van der Waals surface area contributed by atoms with Gasteiger partial charge in [0.05, 0.1) is 12.1 Å². The molecule has 0 spiro atoms. The highest BCUT2D eigenvalue weighted by Gasteiger charge is 2.13. The van der Waals surface area contributed by atoms with Crippen LogP contribution in [0.15, 0.2) is 18.2 Å². The van der Waals surface area contributed by atoms with Crippen molar-refractivity contribution in [3.8, 4) is 5.75 Å². The van der Waals surface area contributed by atoms with Gasteiger partial charge in [-0.05, 0) is 26.0 Å². The number of esters is 1. The van der Waals surface area contributed by atoms with Gasteiger partial charge < -0.3 is 14.4 Å². The molecule has 0 radical (unpaired) electrons. The van der Waals surface area contributed by atoms with Crippen LogP contribution in [0.5, 0.6) is 5.75 Å².